The van der Waals surface area contributed by atoms with Crippen LogP contribution in [0.3, 0.4) is 0 Å². The summed E-state index contributed by atoms with van der Waals surface area (Å²) in [6.45, 7) is 10.1. The highest BCUT2D eigenvalue weighted by molar-refractivity contribution is 5.83. The number of fused-ring (bicyclic) bond motifs is 1. The number of hydrogen-bond donors (Lipinski definition) is 3. The fourth-order valence-corrected chi connectivity index (χ4v) is 3.60. The lowest BCUT2D eigenvalue weighted by Gasteiger charge is -2.33. The molecule has 0 spiro atoms. The molecule has 1 aliphatic rings. The van der Waals surface area contributed by atoms with Gasteiger partial charge in [0.05, 0.1) is 6.54 Å². The summed E-state index contributed by atoms with van der Waals surface area (Å²) >= 11 is 0. The smallest absolute Gasteiger partial charge is 0.219 e. The maximum Gasteiger partial charge on any atom is 0.219 e. The third kappa shape index (κ3) is 5.93. The third-order valence-electron chi connectivity index (χ3n) is 5.26. The lowest BCUT2D eigenvalue weighted by molar-refractivity contribution is -0.130. The Kier molecular flexibility index (Phi) is 7.46. The number of carbonyl (C=O) groups is 1. The number of carbonyl (C=O) groups excluding carboxylic acids is 1. The molecular weight excluding hydrogens is 371 g/mol. The summed E-state index contributed by atoms with van der Waals surface area (Å²) in [5, 5.41) is 7.56. The second kappa shape index (κ2) is 10.2. The number of guanidine groups is 1. The van der Waals surface area contributed by atoms with Gasteiger partial charge in [0.15, 0.2) is 5.96 Å². The Hall–Kier alpha value is -2.61. The van der Waals surface area contributed by atoms with Gasteiger partial charge >= 0.3 is 0 Å². The van der Waals surface area contributed by atoms with Crippen LogP contribution in [0.4, 0.5) is 4.39 Å². The van der Waals surface area contributed by atoms with Crippen molar-refractivity contribution in [2.24, 2.45) is 4.99 Å². The van der Waals surface area contributed by atoms with Crippen LogP contribution >= 0.6 is 0 Å². The minimum atomic E-state index is -0.217. The van der Waals surface area contributed by atoms with Crippen LogP contribution in [0.15, 0.2) is 29.4 Å². The van der Waals surface area contributed by atoms with Gasteiger partial charge in [0.1, 0.15) is 5.82 Å². The maximum atomic E-state index is 13.5. The number of aromatic nitrogens is 1. The van der Waals surface area contributed by atoms with Crippen molar-refractivity contribution in [2.75, 3.05) is 52.4 Å². The van der Waals surface area contributed by atoms with Crippen molar-refractivity contribution in [1.82, 2.24) is 25.4 Å². The average molecular weight is 403 g/mol. The number of aromatic amines is 1. The molecule has 1 aromatic carbocycles. The number of rotatable bonds is 7. The predicted octanol–water partition coefficient (Wildman–Crippen LogP) is 1.57. The summed E-state index contributed by atoms with van der Waals surface area (Å²) in [5.74, 6) is 0.727. The Bertz CT molecular complexity index is 841. The number of nitrogens with one attached hydrogen (secondary N) is 3. The van der Waals surface area contributed by atoms with Crippen LogP contribution in [0.1, 0.15) is 19.4 Å². The molecule has 0 unspecified atom stereocenters. The molecule has 3 N–H and O–H groups in total. The van der Waals surface area contributed by atoms with E-state index < -0.39 is 0 Å². The molecule has 1 fully saturated rings. The Morgan fingerprint density at radius 1 is 1.24 bits per heavy atom. The standard InChI is InChI=1S/C21H31FN6O/c1-3-23-21(25-8-9-27-10-12-28(13-11-27)16(2)29)24-7-6-17-15-26-20-5-4-18(22)14-19(17)20/h4-5,14-15,26H,3,6-13H2,1-2H3,(H2,23,24,25). The highest BCUT2D eigenvalue weighted by atomic mass is 19.1. The fraction of sp³-hybridized carbons (Fsp3) is 0.524. The molecule has 1 aromatic heterocycles. The van der Waals surface area contributed by atoms with Crippen LogP contribution in [-0.2, 0) is 11.2 Å². The zero-order valence-electron chi connectivity index (χ0n) is 17.3. The summed E-state index contributed by atoms with van der Waals surface area (Å²) in [6.07, 6.45) is 2.72. The zero-order valence-corrected chi connectivity index (χ0v) is 17.3. The first kappa shape index (κ1) is 21.1. The molecule has 0 saturated carbocycles. The van der Waals surface area contributed by atoms with Crippen LogP contribution < -0.4 is 10.6 Å². The zero-order chi connectivity index (χ0) is 20.6. The van der Waals surface area contributed by atoms with E-state index in [-0.39, 0.29) is 11.7 Å². The molecule has 2 aromatic rings. The van der Waals surface area contributed by atoms with Crippen molar-refractivity contribution >= 4 is 22.8 Å². The van der Waals surface area contributed by atoms with Crippen LogP contribution in [0, 0.1) is 5.82 Å². The Labute approximate surface area is 171 Å². The molecule has 0 aliphatic carbocycles. The second-order valence-electron chi connectivity index (χ2n) is 7.29. The first-order chi connectivity index (χ1) is 14.1. The predicted molar refractivity (Wildman–Crippen MR) is 115 cm³/mol. The summed E-state index contributed by atoms with van der Waals surface area (Å²) in [7, 11) is 0. The van der Waals surface area contributed by atoms with Crippen molar-refractivity contribution < 1.29 is 9.18 Å². The van der Waals surface area contributed by atoms with Gasteiger partial charge < -0.3 is 20.5 Å². The van der Waals surface area contributed by atoms with Gasteiger partial charge in [-0.15, -0.1) is 0 Å². The van der Waals surface area contributed by atoms with E-state index in [1.165, 1.54) is 6.07 Å². The highest BCUT2D eigenvalue weighted by Gasteiger charge is 2.17. The molecule has 2 heterocycles. The largest absolute Gasteiger partial charge is 0.361 e. The first-order valence-electron chi connectivity index (χ1n) is 10.3. The maximum absolute atomic E-state index is 13.5. The van der Waals surface area contributed by atoms with E-state index in [1.807, 2.05) is 18.0 Å². The number of nitrogens with zero attached hydrogens (tertiary/aromatic N) is 3. The molecule has 7 nitrogen and oxygen atoms in total. The van der Waals surface area contributed by atoms with Gasteiger partial charge in [0, 0.05) is 69.8 Å². The minimum Gasteiger partial charge on any atom is -0.361 e. The molecule has 1 amide bonds. The molecule has 0 bridgehead atoms. The molecule has 8 heteroatoms. The van der Waals surface area contributed by atoms with Gasteiger partial charge in [-0.25, -0.2) is 4.39 Å². The Morgan fingerprint density at radius 2 is 2.03 bits per heavy atom. The number of amides is 1. The second-order valence-corrected chi connectivity index (χ2v) is 7.29. The van der Waals surface area contributed by atoms with Crippen LogP contribution in [0.5, 0.6) is 0 Å². The van der Waals surface area contributed by atoms with E-state index in [0.717, 1.165) is 68.1 Å². The first-order valence-corrected chi connectivity index (χ1v) is 10.3. The van der Waals surface area contributed by atoms with E-state index in [1.54, 1.807) is 19.1 Å². The number of hydrogen-bond acceptors (Lipinski definition) is 3. The van der Waals surface area contributed by atoms with Gasteiger partial charge in [0.25, 0.3) is 0 Å². The van der Waals surface area contributed by atoms with Crippen LogP contribution in [-0.4, -0.2) is 79.0 Å². The lowest BCUT2D eigenvalue weighted by Crippen LogP contribution is -2.48. The monoisotopic (exact) mass is 402 g/mol. The Balaban J connectivity index is 1.45. The van der Waals surface area contributed by atoms with Gasteiger partial charge in [-0.2, -0.15) is 0 Å². The molecule has 0 radical (unpaired) electrons. The van der Waals surface area contributed by atoms with E-state index >= 15 is 0 Å². The minimum absolute atomic E-state index is 0.152. The molecule has 3 rings (SSSR count). The van der Waals surface area contributed by atoms with Crippen molar-refractivity contribution in [3.8, 4) is 0 Å². The molecule has 158 valence electrons. The van der Waals surface area contributed by atoms with Crippen molar-refractivity contribution in [3.05, 3.63) is 35.8 Å². The molecule has 29 heavy (non-hydrogen) atoms. The average Bonchev–Trinajstić information content (AvgIpc) is 3.10. The van der Waals surface area contributed by atoms with E-state index in [0.29, 0.717) is 13.1 Å². The summed E-state index contributed by atoms with van der Waals surface area (Å²) in [5.41, 5.74) is 2.04. The molecule has 1 aliphatic heterocycles. The topological polar surface area (TPSA) is 75.8 Å². The number of H-pyrrole nitrogens is 1. The summed E-state index contributed by atoms with van der Waals surface area (Å²) in [6, 6.07) is 4.81. The third-order valence-corrected chi connectivity index (χ3v) is 5.26. The lowest BCUT2D eigenvalue weighted by atomic mass is 10.1. The normalized spacial score (nSPS) is 15.7. The number of piperazine rings is 1. The van der Waals surface area contributed by atoms with Gasteiger partial charge in [0.2, 0.25) is 5.91 Å². The van der Waals surface area contributed by atoms with Crippen molar-refractivity contribution in [2.45, 2.75) is 20.3 Å². The van der Waals surface area contributed by atoms with Crippen molar-refractivity contribution in [3.63, 3.8) is 0 Å². The van der Waals surface area contributed by atoms with E-state index in [4.69, 9.17) is 0 Å². The fourth-order valence-electron chi connectivity index (χ4n) is 3.60. The SMILES string of the molecule is CCNC(=NCCN1CCN(C(C)=O)CC1)NCCc1c[nH]c2ccc(F)cc12. The molecule has 1 saturated heterocycles. The number of halogens is 1. The van der Waals surface area contributed by atoms with Gasteiger partial charge in [-0.05, 0) is 37.1 Å². The van der Waals surface area contributed by atoms with Gasteiger partial charge in [-0.3, -0.25) is 14.7 Å². The van der Waals surface area contributed by atoms with E-state index in [9.17, 15) is 9.18 Å². The summed E-state index contributed by atoms with van der Waals surface area (Å²) < 4.78 is 13.5. The van der Waals surface area contributed by atoms with Gasteiger partial charge in [-0.1, -0.05) is 0 Å². The van der Waals surface area contributed by atoms with Crippen LogP contribution in [0.2, 0.25) is 0 Å². The Morgan fingerprint density at radius 3 is 2.76 bits per heavy atom. The number of benzene rings is 1. The molecule has 0 atom stereocenters. The molecular formula is C21H31FN6O. The van der Waals surface area contributed by atoms with Crippen LogP contribution in [0.25, 0.3) is 10.9 Å². The highest BCUT2D eigenvalue weighted by Crippen LogP contribution is 2.19. The van der Waals surface area contributed by atoms with E-state index in [2.05, 4.69) is 25.5 Å². The quantitative estimate of drug-likeness (QED) is 0.485. The number of aliphatic imine (C=N–C) groups is 1. The van der Waals surface area contributed by atoms with Crippen molar-refractivity contribution in [1.29, 1.82) is 0 Å². The summed E-state index contributed by atoms with van der Waals surface area (Å²) in [4.78, 5) is 23.5.